The van der Waals surface area contributed by atoms with E-state index in [0.717, 1.165) is 32.1 Å². The zero-order valence-corrected chi connectivity index (χ0v) is 10.3. The van der Waals surface area contributed by atoms with Gasteiger partial charge < -0.3 is 15.3 Å². The maximum Gasteiger partial charge on any atom is 0.0606 e. The number of anilines is 1. The van der Waals surface area contributed by atoms with Crippen LogP contribution in [0.4, 0.5) is 5.69 Å². The lowest BCUT2D eigenvalue weighted by Gasteiger charge is -2.31. The molecule has 1 fully saturated rings. The van der Waals surface area contributed by atoms with E-state index < -0.39 is 0 Å². The lowest BCUT2D eigenvalue weighted by atomic mass is 9.97. The Kier molecular flexibility index (Phi) is 4.83. The molecule has 0 aromatic heterocycles. The number of piperidine rings is 1. The predicted octanol–water partition coefficient (Wildman–Crippen LogP) is 1.48. The van der Waals surface area contributed by atoms with Crippen molar-refractivity contribution in [3.63, 3.8) is 0 Å². The lowest BCUT2D eigenvalue weighted by Crippen LogP contribution is -2.37. The van der Waals surface area contributed by atoms with Crippen LogP contribution < -0.4 is 10.2 Å². The molecule has 1 saturated heterocycles. The minimum absolute atomic E-state index is 0.222. The van der Waals surface area contributed by atoms with Crippen molar-refractivity contribution in [3.8, 4) is 0 Å². The first-order valence-electron chi connectivity index (χ1n) is 6.51. The van der Waals surface area contributed by atoms with Gasteiger partial charge in [-0.1, -0.05) is 18.2 Å². The summed E-state index contributed by atoms with van der Waals surface area (Å²) in [6.07, 6.45) is 2.49. The number of nitrogens with one attached hydrogen (secondary N) is 1. The summed E-state index contributed by atoms with van der Waals surface area (Å²) in [6, 6.07) is 10.4. The summed E-state index contributed by atoms with van der Waals surface area (Å²) < 4.78 is 0. The molecule has 0 bridgehead atoms. The summed E-state index contributed by atoms with van der Waals surface area (Å²) in [5.41, 5.74) is 1.22. The molecule has 0 spiro atoms. The van der Waals surface area contributed by atoms with E-state index in [1.807, 2.05) is 6.07 Å². The highest BCUT2D eigenvalue weighted by Gasteiger charge is 2.16. The Morgan fingerprint density at radius 3 is 2.53 bits per heavy atom. The van der Waals surface area contributed by atoms with Crippen LogP contribution in [0.3, 0.4) is 0 Å². The Balaban J connectivity index is 1.96. The van der Waals surface area contributed by atoms with Crippen LogP contribution in [0.25, 0.3) is 0 Å². The van der Waals surface area contributed by atoms with E-state index in [1.165, 1.54) is 18.5 Å². The maximum absolute atomic E-state index is 9.17. The van der Waals surface area contributed by atoms with Gasteiger partial charge in [0.25, 0.3) is 0 Å². The van der Waals surface area contributed by atoms with Crippen LogP contribution in [0, 0.1) is 5.92 Å². The van der Waals surface area contributed by atoms with Crippen molar-refractivity contribution in [2.24, 2.45) is 5.92 Å². The normalized spacial score (nSPS) is 17.0. The summed E-state index contributed by atoms with van der Waals surface area (Å²) in [5, 5.41) is 12.6. The molecule has 1 aliphatic rings. The average molecular weight is 234 g/mol. The Morgan fingerprint density at radius 2 is 1.88 bits per heavy atom. The van der Waals surface area contributed by atoms with Crippen LogP contribution in [0.5, 0.6) is 0 Å². The molecule has 0 amide bonds. The van der Waals surface area contributed by atoms with Gasteiger partial charge in [0.05, 0.1) is 6.61 Å². The first-order valence-corrected chi connectivity index (χ1v) is 6.51. The van der Waals surface area contributed by atoms with Gasteiger partial charge in [-0.25, -0.2) is 0 Å². The third kappa shape index (κ3) is 3.72. The fourth-order valence-corrected chi connectivity index (χ4v) is 2.46. The SMILES string of the molecule is OCCN(CC1CCNCC1)c1ccccc1. The zero-order valence-electron chi connectivity index (χ0n) is 10.3. The fourth-order valence-electron chi connectivity index (χ4n) is 2.46. The van der Waals surface area contributed by atoms with E-state index in [2.05, 4.69) is 34.5 Å². The quantitative estimate of drug-likeness (QED) is 0.810. The van der Waals surface area contributed by atoms with Crippen molar-refractivity contribution in [3.05, 3.63) is 30.3 Å². The van der Waals surface area contributed by atoms with Gasteiger partial charge in [0.1, 0.15) is 0 Å². The number of hydrogen-bond acceptors (Lipinski definition) is 3. The molecule has 0 aliphatic carbocycles. The Morgan fingerprint density at radius 1 is 1.18 bits per heavy atom. The van der Waals surface area contributed by atoms with E-state index in [9.17, 15) is 5.11 Å². The molecule has 1 aliphatic heterocycles. The van der Waals surface area contributed by atoms with Gasteiger partial charge in [-0.2, -0.15) is 0 Å². The van der Waals surface area contributed by atoms with Crippen molar-refractivity contribution < 1.29 is 5.11 Å². The molecule has 2 rings (SSSR count). The standard InChI is InChI=1S/C14H22N2O/c17-11-10-16(14-4-2-1-3-5-14)12-13-6-8-15-9-7-13/h1-5,13,15,17H,6-12H2. The highest BCUT2D eigenvalue weighted by Crippen LogP contribution is 2.19. The molecule has 0 radical (unpaired) electrons. The third-order valence-electron chi connectivity index (χ3n) is 3.43. The topological polar surface area (TPSA) is 35.5 Å². The van der Waals surface area contributed by atoms with Crippen molar-refractivity contribution in [1.29, 1.82) is 0 Å². The first kappa shape index (κ1) is 12.4. The second-order valence-electron chi connectivity index (χ2n) is 4.70. The van der Waals surface area contributed by atoms with Gasteiger partial charge in [0, 0.05) is 18.8 Å². The number of hydrogen-bond donors (Lipinski definition) is 2. The number of rotatable bonds is 5. The summed E-state index contributed by atoms with van der Waals surface area (Å²) in [4.78, 5) is 2.30. The summed E-state index contributed by atoms with van der Waals surface area (Å²) >= 11 is 0. The largest absolute Gasteiger partial charge is 0.395 e. The predicted molar refractivity (Wildman–Crippen MR) is 71.3 cm³/mol. The van der Waals surface area contributed by atoms with E-state index in [-0.39, 0.29) is 6.61 Å². The highest BCUT2D eigenvalue weighted by atomic mass is 16.3. The number of para-hydroxylation sites is 1. The van der Waals surface area contributed by atoms with Gasteiger partial charge in [-0.05, 0) is 44.0 Å². The van der Waals surface area contributed by atoms with E-state index in [4.69, 9.17) is 0 Å². The first-order chi connectivity index (χ1) is 8.40. The molecule has 17 heavy (non-hydrogen) atoms. The van der Waals surface area contributed by atoms with Gasteiger partial charge in [-0.15, -0.1) is 0 Å². The Hall–Kier alpha value is -1.06. The molecule has 1 heterocycles. The Bertz CT molecular complexity index is 309. The minimum Gasteiger partial charge on any atom is -0.395 e. The molecule has 94 valence electrons. The van der Waals surface area contributed by atoms with Crippen molar-refractivity contribution in [2.75, 3.05) is 37.7 Å². The van der Waals surface area contributed by atoms with E-state index >= 15 is 0 Å². The number of benzene rings is 1. The number of nitrogens with zero attached hydrogens (tertiary/aromatic N) is 1. The molecular formula is C14H22N2O. The van der Waals surface area contributed by atoms with Crippen LogP contribution >= 0.6 is 0 Å². The Labute approximate surface area is 103 Å². The molecule has 3 nitrogen and oxygen atoms in total. The fraction of sp³-hybridized carbons (Fsp3) is 0.571. The van der Waals surface area contributed by atoms with Crippen LogP contribution in [0.15, 0.2) is 30.3 Å². The van der Waals surface area contributed by atoms with Crippen LogP contribution in [-0.2, 0) is 0 Å². The zero-order chi connectivity index (χ0) is 11.9. The highest BCUT2D eigenvalue weighted by molar-refractivity contribution is 5.45. The smallest absolute Gasteiger partial charge is 0.0606 e. The number of aliphatic hydroxyl groups excluding tert-OH is 1. The monoisotopic (exact) mass is 234 g/mol. The minimum atomic E-state index is 0.222. The van der Waals surface area contributed by atoms with Gasteiger partial charge in [0.15, 0.2) is 0 Å². The van der Waals surface area contributed by atoms with Crippen LogP contribution in [0.2, 0.25) is 0 Å². The lowest BCUT2D eigenvalue weighted by molar-refractivity contribution is 0.294. The summed E-state index contributed by atoms with van der Waals surface area (Å²) in [5.74, 6) is 0.753. The van der Waals surface area contributed by atoms with Crippen LogP contribution in [0.1, 0.15) is 12.8 Å². The van der Waals surface area contributed by atoms with Crippen molar-refractivity contribution in [1.82, 2.24) is 5.32 Å². The van der Waals surface area contributed by atoms with E-state index in [0.29, 0.717) is 0 Å². The average Bonchev–Trinajstić information content (AvgIpc) is 2.40. The molecule has 0 unspecified atom stereocenters. The van der Waals surface area contributed by atoms with Gasteiger partial charge in [-0.3, -0.25) is 0 Å². The van der Waals surface area contributed by atoms with E-state index in [1.54, 1.807) is 0 Å². The molecule has 0 atom stereocenters. The maximum atomic E-state index is 9.17. The summed E-state index contributed by atoms with van der Waals surface area (Å²) in [6.45, 7) is 4.28. The molecule has 2 N–H and O–H groups in total. The molecule has 0 saturated carbocycles. The molecule has 3 heteroatoms. The van der Waals surface area contributed by atoms with Crippen molar-refractivity contribution >= 4 is 5.69 Å². The number of aliphatic hydroxyl groups is 1. The van der Waals surface area contributed by atoms with Crippen LogP contribution in [-0.4, -0.2) is 37.9 Å². The molecule has 1 aromatic rings. The third-order valence-corrected chi connectivity index (χ3v) is 3.43. The van der Waals surface area contributed by atoms with Gasteiger partial charge in [0.2, 0.25) is 0 Å². The van der Waals surface area contributed by atoms with Crippen molar-refractivity contribution in [2.45, 2.75) is 12.8 Å². The summed E-state index contributed by atoms with van der Waals surface area (Å²) in [7, 11) is 0. The second kappa shape index (κ2) is 6.62. The molecule has 1 aromatic carbocycles. The van der Waals surface area contributed by atoms with Gasteiger partial charge >= 0.3 is 0 Å². The second-order valence-corrected chi connectivity index (χ2v) is 4.70. The molecular weight excluding hydrogens is 212 g/mol.